The van der Waals surface area contributed by atoms with E-state index in [0.717, 1.165) is 21.3 Å². The van der Waals surface area contributed by atoms with Gasteiger partial charge in [0.1, 0.15) is 0 Å². The number of aromatic nitrogens is 3. The van der Waals surface area contributed by atoms with Gasteiger partial charge in [-0.1, -0.05) is 39.8 Å². The standard InChI is InChI=1S/C23H19BrN4O2S/c1-15-12-17(6-7-19(15)24)26-21(29)14-31-23-27-20-5-3-2-4-18(20)22(30)28(23)13-16-8-10-25-11-9-16/h2-12H,13-14H2,1H3,(H,26,29). The van der Waals surface area contributed by atoms with Crippen molar-refractivity contribution in [2.45, 2.75) is 18.6 Å². The highest BCUT2D eigenvalue weighted by Gasteiger charge is 2.14. The molecule has 0 atom stereocenters. The number of nitrogens with zero attached hydrogens (tertiary/aromatic N) is 3. The van der Waals surface area contributed by atoms with Crippen LogP contribution >= 0.6 is 27.7 Å². The highest BCUT2D eigenvalue weighted by molar-refractivity contribution is 9.10. The van der Waals surface area contributed by atoms with E-state index in [4.69, 9.17) is 0 Å². The Morgan fingerprint density at radius 2 is 1.90 bits per heavy atom. The largest absolute Gasteiger partial charge is 0.325 e. The number of nitrogens with one attached hydrogen (secondary N) is 1. The number of para-hydroxylation sites is 1. The average Bonchev–Trinajstić information content (AvgIpc) is 2.78. The molecule has 0 radical (unpaired) electrons. The highest BCUT2D eigenvalue weighted by atomic mass is 79.9. The van der Waals surface area contributed by atoms with Crippen LogP contribution in [0.2, 0.25) is 0 Å². The van der Waals surface area contributed by atoms with Crippen LogP contribution in [0.3, 0.4) is 0 Å². The zero-order chi connectivity index (χ0) is 21.8. The number of amides is 1. The minimum atomic E-state index is -0.162. The van der Waals surface area contributed by atoms with Gasteiger partial charge in [-0.25, -0.2) is 4.98 Å². The maximum atomic E-state index is 13.1. The summed E-state index contributed by atoms with van der Waals surface area (Å²) < 4.78 is 2.60. The van der Waals surface area contributed by atoms with Gasteiger partial charge in [0, 0.05) is 22.6 Å². The van der Waals surface area contributed by atoms with Crippen molar-refractivity contribution in [3.63, 3.8) is 0 Å². The number of hydrogen-bond acceptors (Lipinski definition) is 5. The molecule has 0 fully saturated rings. The van der Waals surface area contributed by atoms with Crippen LogP contribution in [0.25, 0.3) is 10.9 Å². The van der Waals surface area contributed by atoms with E-state index in [0.29, 0.717) is 22.6 Å². The van der Waals surface area contributed by atoms with Crippen LogP contribution in [0.5, 0.6) is 0 Å². The lowest BCUT2D eigenvalue weighted by molar-refractivity contribution is -0.113. The van der Waals surface area contributed by atoms with Crippen LogP contribution in [0.15, 0.2) is 81.4 Å². The van der Waals surface area contributed by atoms with Gasteiger partial charge in [0.2, 0.25) is 5.91 Å². The fraction of sp³-hybridized carbons (Fsp3) is 0.130. The van der Waals surface area contributed by atoms with E-state index in [1.165, 1.54) is 11.8 Å². The highest BCUT2D eigenvalue weighted by Crippen LogP contribution is 2.22. The summed E-state index contributed by atoms with van der Waals surface area (Å²) in [5.74, 6) is -0.0273. The van der Waals surface area contributed by atoms with Gasteiger partial charge in [-0.2, -0.15) is 0 Å². The number of benzene rings is 2. The monoisotopic (exact) mass is 494 g/mol. The predicted octanol–water partition coefficient (Wildman–Crippen LogP) is 4.64. The lowest BCUT2D eigenvalue weighted by Gasteiger charge is -2.13. The predicted molar refractivity (Wildman–Crippen MR) is 128 cm³/mol. The van der Waals surface area contributed by atoms with Crippen LogP contribution < -0.4 is 10.9 Å². The van der Waals surface area contributed by atoms with Crippen LogP contribution in [-0.2, 0) is 11.3 Å². The Hall–Kier alpha value is -2.97. The molecule has 2 aromatic heterocycles. The molecule has 2 heterocycles. The Bertz CT molecular complexity index is 1310. The second kappa shape index (κ2) is 9.45. The van der Waals surface area contributed by atoms with Gasteiger partial charge in [-0.05, 0) is 60.5 Å². The molecule has 2 aromatic carbocycles. The molecule has 0 aliphatic heterocycles. The number of thioether (sulfide) groups is 1. The molecule has 6 nitrogen and oxygen atoms in total. The molecule has 4 aromatic rings. The lowest BCUT2D eigenvalue weighted by Crippen LogP contribution is -2.25. The van der Waals surface area contributed by atoms with Crippen LogP contribution in [0.4, 0.5) is 5.69 Å². The molecule has 1 amide bonds. The van der Waals surface area contributed by atoms with E-state index in [2.05, 4.69) is 31.2 Å². The maximum absolute atomic E-state index is 13.1. The Kier molecular flexibility index (Phi) is 6.48. The molecule has 0 saturated heterocycles. The summed E-state index contributed by atoms with van der Waals surface area (Å²) in [5.41, 5.74) is 3.18. The van der Waals surface area contributed by atoms with Crippen LogP contribution in [0.1, 0.15) is 11.1 Å². The first-order valence-electron chi connectivity index (χ1n) is 9.58. The zero-order valence-corrected chi connectivity index (χ0v) is 19.1. The van der Waals surface area contributed by atoms with Gasteiger partial charge in [-0.15, -0.1) is 0 Å². The quantitative estimate of drug-likeness (QED) is 0.312. The van der Waals surface area contributed by atoms with Crippen LogP contribution in [-0.4, -0.2) is 26.2 Å². The third-order valence-electron chi connectivity index (χ3n) is 4.69. The Morgan fingerprint density at radius 1 is 1.13 bits per heavy atom. The van der Waals surface area contributed by atoms with Crippen molar-refractivity contribution in [3.05, 3.63) is 92.9 Å². The fourth-order valence-electron chi connectivity index (χ4n) is 3.12. The summed E-state index contributed by atoms with van der Waals surface area (Å²) in [4.78, 5) is 34.4. The normalized spacial score (nSPS) is 10.9. The Balaban J connectivity index is 1.59. The fourth-order valence-corrected chi connectivity index (χ4v) is 4.16. The molecule has 156 valence electrons. The number of carbonyl (C=O) groups is 1. The summed E-state index contributed by atoms with van der Waals surface area (Å²) in [6.07, 6.45) is 3.38. The molecule has 4 rings (SSSR count). The van der Waals surface area contributed by atoms with Crippen LogP contribution in [0, 0.1) is 6.92 Å². The van der Waals surface area contributed by atoms with E-state index in [9.17, 15) is 9.59 Å². The summed E-state index contributed by atoms with van der Waals surface area (Å²) in [7, 11) is 0. The van der Waals surface area contributed by atoms with E-state index in [-0.39, 0.29) is 17.2 Å². The Morgan fingerprint density at radius 3 is 2.68 bits per heavy atom. The SMILES string of the molecule is Cc1cc(NC(=O)CSc2nc3ccccc3c(=O)n2Cc2ccncc2)ccc1Br. The second-order valence-electron chi connectivity index (χ2n) is 6.96. The van der Waals surface area contributed by atoms with Gasteiger partial charge < -0.3 is 5.32 Å². The van der Waals surface area contributed by atoms with Gasteiger partial charge in [0.25, 0.3) is 5.56 Å². The second-order valence-corrected chi connectivity index (χ2v) is 8.76. The molecule has 31 heavy (non-hydrogen) atoms. The van der Waals surface area contributed by atoms with Gasteiger partial charge in [-0.3, -0.25) is 19.1 Å². The maximum Gasteiger partial charge on any atom is 0.262 e. The molecular weight excluding hydrogens is 476 g/mol. The van der Waals surface area contributed by atoms with Crippen molar-refractivity contribution in [2.24, 2.45) is 0 Å². The minimum absolute atomic E-state index is 0.131. The van der Waals surface area contributed by atoms with Crippen molar-refractivity contribution in [1.29, 1.82) is 0 Å². The summed E-state index contributed by atoms with van der Waals surface area (Å²) in [6.45, 7) is 2.32. The molecular formula is C23H19BrN4O2S. The van der Waals surface area contributed by atoms with E-state index in [1.807, 2.05) is 55.5 Å². The number of aryl methyl sites for hydroxylation is 1. The number of hydrogen-bond donors (Lipinski definition) is 1. The van der Waals surface area contributed by atoms with E-state index >= 15 is 0 Å². The van der Waals surface area contributed by atoms with Gasteiger partial charge in [0.15, 0.2) is 5.16 Å². The third kappa shape index (κ3) is 5.03. The van der Waals surface area contributed by atoms with Crippen molar-refractivity contribution in [3.8, 4) is 0 Å². The molecule has 0 saturated carbocycles. The zero-order valence-electron chi connectivity index (χ0n) is 16.7. The molecule has 8 heteroatoms. The Labute approximate surface area is 191 Å². The van der Waals surface area contributed by atoms with Crippen molar-refractivity contribution >= 4 is 50.2 Å². The summed E-state index contributed by atoms with van der Waals surface area (Å²) >= 11 is 4.70. The van der Waals surface area contributed by atoms with E-state index in [1.54, 1.807) is 23.0 Å². The lowest BCUT2D eigenvalue weighted by atomic mass is 10.2. The van der Waals surface area contributed by atoms with Gasteiger partial charge >= 0.3 is 0 Å². The number of fused-ring (bicyclic) bond motifs is 1. The first-order chi connectivity index (χ1) is 15.0. The topological polar surface area (TPSA) is 76.9 Å². The number of pyridine rings is 1. The van der Waals surface area contributed by atoms with Gasteiger partial charge in [0.05, 0.1) is 23.2 Å². The molecule has 1 N–H and O–H groups in total. The molecule has 0 aliphatic rings. The molecule has 0 aliphatic carbocycles. The molecule has 0 unspecified atom stereocenters. The molecule has 0 spiro atoms. The number of carbonyl (C=O) groups excluding carboxylic acids is 1. The molecule has 0 bridgehead atoms. The van der Waals surface area contributed by atoms with E-state index < -0.39 is 0 Å². The average molecular weight is 495 g/mol. The minimum Gasteiger partial charge on any atom is -0.325 e. The van der Waals surface area contributed by atoms with Crippen molar-refractivity contribution < 1.29 is 4.79 Å². The first kappa shape index (κ1) is 21.3. The van der Waals surface area contributed by atoms with Crippen molar-refractivity contribution in [2.75, 3.05) is 11.1 Å². The first-order valence-corrected chi connectivity index (χ1v) is 11.4. The summed E-state index contributed by atoms with van der Waals surface area (Å²) in [6, 6.07) is 16.6. The number of halogens is 1. The van der Waals surface area contributed by atoms with Crippen molar-refractivity contribution in [1.82, 2.24) is 14.5 Å². The number of anilines is 1. The number of rotatable bonds is 6. The third-order valence-corrected chi connectivity index (χ3v) is 6.56. The summed E-state index contributed by atoms with van der Waals surface area (Å²) in [5, 5.41) is 3.95. The smallest absolute Gasteiger partial charge is 0.262 e.